The van der Waals surface area contributed by atoms with Crippen molar-refractivity contribution in [1.29, 1.82) is 0 Å². The summed E-state index contributed by atoms with van der Waals surface area (Å²) in [5.41, 5.74) is 2.45. The van der Waals surface area contributed by atoms with Gasteiger partial charge in [-0.1, -0.05) is 67.0 Å². The molecule has 1 aromatic rings. The Bertz CT molecular complexity index is 1050. The molecule has 4 saturated carbocycles. The van der Waals surface area contributed by atoms with Crippen LogP contribution in [0.1, 0.15) is 125 Å². The Hall–Kier alpha value is -1.12. The first kappa shape index (κ1) is 24.2. The predicted molar refractivity (Wildman–Crippen MR) is 140 cm³/mol. The molecule has 0 amide bonds. The van der Waals surface area contributed by atoms with Crippen molar-refractivity contribution in [2.75, 3.05) is 0 Å². The van der Waals surface area contributed by atoms with E-state index in [0.717, 1.165) is 18.6 Å². The first-order valence-corrected chi connectivity index (χ1v) is 14.7. The molecule has 0 spiro atoms. The molecule has 1 aromatic heterocycles. The molecule has 4 fully saturated rings. The van der Waals surface area contributed by atoms with Crippen LogP contribution in [0, 0.1) is 50.7 Å². The van der Waals surface area contributed by atoms with E-state index in [2.05, 4.69) is 60.5 Å². The SMILES string of the molecule is CC[C@]12CCC(C)(C)CC1C1C(=O)CC3[C@@]4(C)Cc5cnoc5C(C)(C)[C@@H]4CC[C@@]3(C)[C@]1(C)CC2. The fraction of sp³-hybridized carbons (Fsp3) is 0.875. The number of ketones is 1. The Kier molecular flexibility index (Phi) is 4.88. The minimum absolute atomic E-state index is 0.0295. The number of rotatable bonds is 1. The monoisotopic (exact) mass is 479 g/mol. The van der Waals surface area contributed by atoms with Gasteiger partial charge in [-0.25, -0.2) is 0 Å². The molecule has 0 aliphatic heterocycles. The highest BCUT2D eigenvalue weighted by atomic mass is 16.5. The zero-order valence-corrected chi connectivity index (χ0v) is 23.7. The van der Waals surface area contributed by atoms with Crippen molar-refractivity contribution in [1.82, 2.24) is 5.16 Å². The van der Waals surface area contributed by atoms with E-state index in [9.17, 15) is 4.79 Å². The number of hydrogen-bond donors (Lipinski definition) is 0. The molecule has 0 aromatic carbocycles. The molecule has 5 aliphatic rings. The summed E-state index contributed by atoms with van der Waals surface area (Å²) in [5, 5.41) is 4.24. The number of carbonyl (C=O) groups excluding carboxylic acids is 1. The van der Waals surface area contributed by atoms with Crippen LogP contribution >= 0.6 is 0 Å². The molecule has 8 atom stereocenters. The van der Waals surface area contributed by atoms with Gasteiger partial charge in [0.25, 0.3) is 0 Å². The van der Waals surface area contributed by atoms with Gasteiger partial charge >= 0.3 is 0 Å². The van der Waals surface area contributed by atoms with Gasteiger partial charge in [-0.3, -0.25) is 4.79 Å². The number of fused-ring (bicyclic) bond motifs is 8. The first-order chi connectivity index (χ1) is 16.2. The summed E-state index contributed by atoms with van der Waals surface area (Å²) in [7, 11) is 0. The van der Waals surface area contributed by atoms with Gasteiger partial charge in [-0.05, 0) is 96.2 Å². The maximum absolute atomic E-state index is 14.5. The Labute approximate surface area is 213 Å². The third-order valence-electron chi connectivity index (χ3n) is 13.8. The minimum Gasteiger partial charge on any atom is -0.361 e. The van der Waals surface area contributed by atoms with Crippen LogP contribution in [0.15, 0.2) is 10.7 Å². The van der Waals surface area contributed by atoms with Gasteiger partial charge in [0, 0.05) is 23.3 Å². The van der Waals surface area contributed by atoms with Gasteiger partial charge in [0.2, 0.25) is 0 Å². The molecule has 3 nitrogen and oxygen atoms in total. The first-order valence-electron chi connectivity index (χ1n) is 14.7. The van der Waals surface area contributed by atoms with Crippen molar-refractivity contribution >= 4 is 5.78 Å². The summed E-state index contributed by atoms with van der Waals surface area (Å²) in [4.78, 5) is 14.5. The van der Waals surface area contributed by atoms with Gasteiger partial charge in [-0.2, -0.15) is 0 Å². The van der Waals surface area contributed by atoms with Crippen LogP contribution in [0.3, 0.4) is 0 Å². The maximum atomic E-state index is 14.5. The van der Waals surface area contributed by atoms with Crippen LogP contribution in [0.25, 0.3) is 0 Å². The van der Waals surface area contributed by atoms with Crippen molar-refractivity contribution < 1.29 is 9.32 Å². The molecule has 3 unspecified atom stereocenters. The summed E-state index contributed by atoms with van der Waals surface area (Å²) in [6.07, 6.45) is 14.0. The van der Waals surface area contributed by atoms with E-state index in [-0.39, 0.29) is 27.6 Å². The highest BCUT2D eigenvalue weighted by Crippen LogP contribution is 2.76. The fourth-order valence-corrected chi connectivity index (χ4v) is 11.7. The Morgan fingerprint density at radius 2 is 1.66 bits per heavy atom. The molecule has 0 saturated heterocycles. The molecule has 1 heterocycles. The summed E-state index contributed by atoms with van der Waals surface area (Å²) in [5.74, 6) is 3.51. The van der Waals surface area contributed by atoms with Crippen molar-refractivity contribution in [2.45, 2.75) is 125 Å². The highest BCUT2D eigenvalue weighted by Gasteiger charge is 2.72. The predicted octanol–water partition coefficient (Wildman–Crippen LogP) is 8.16. The summed E-state index contributed by atoms with van der Waals surface area (Å²) in [6.45, 7) is 19.8. The van der Waals surface area contributed by atoms with Crippen molar-refractivity contribution in [2.24, 2.45) is 50.7 Å². The largest absolute Gasteiger partial charge is 0.361 e. The average molecular weight is 480 g/mol. The number of Topliss-reactive ketones (excluding diaryl/α,β-unsaturated/α-hetero) is 1. The Balaban J connectivity index is 1.45. The number of hydrogen-bond acceptors (Lipinski definition) is 3. The third-order valence-corrected chi connectivity index (χ3v) is 13.8. The van der Waals surface area contributed by atoms with E-state index in [0.29, 0.717) is 34.4 Å². The standard InChI is InChI=1S/C32H49NO2/c1-9-32-14-12-27(2,3)18-21(32)25-22(34)16-24-29(6)17-20-19-33-35-26(20)28(4,5)23(29)10-11-30(24,7)31(25,8)13-15-32/h19,21,23-25H,9-18H2,1-8H3/t21?,23-,24?,25?,29-,30+,31+,32+/m0/s1. The van der Waals surface area contributed by atoms with Gasteiger partial charge in [-0.15, -0.1) is 0 Å². The number of aromatic nitrogens is 1. The van der Waals surface area contributed by atoms with E-state index in [1.165, 1.54) is 56.9 Å². The zero-order chi connectivity index (χ0) is 25.2. The molecular formula is C32H49NO2. The second-order valence-electron chi connectivity index (χ2n) is 15.9. The highest BCUT2D eigenvalue weighted by molar-refractivity contribution is 5.84. The van der Waals surface area contributed by atoms with E-state index in [1.807, 2.05) is 6.20 Å². The van der Waals surface area contributed by atoms with E-state index >= 15 is 0 Å². The van der Waals surface area contributed by atoms with Crippen molar-refractivity contribution in [3.8, 4) is 0 Å². The van der Waals surface area contributed by atoms with Crippen LogP contribution in [0.5, 0.6) is 0 Å². The van der Waals surface area contributed by atoms with Gasteiger partial charge < -0.3 is 4.52 Å². The van der Waals surface area contributed by atoms with Crippen LogP contribution in [-0.4, -0.2) is 10.9 Å². The van der Waals surface area contributed by atoms with Crippen molar-refractivity contribution in [3.05, 3.63) is 17.5 Å². The Morgan fingerprint density at radius 3 is 2.37 bits per heavy atom. The minimum atomic E-state index is -0.0295. The van der Waals surface area contributed by atoms with Gasteiger partial charge in [0.1, 0.15) is 11.5 Å². The quantitative estimate of drug-likeness (QED) is 0.408. The maximum Gasteiger partial charge on any atom is 0.145 e. The molecule has 0 bridgehead atoms. The second kappa shape index (κ2) is 7.04. The lowest BCUT2D eigenvalue weighted by Crippen LogP contribution is -2.69. The molecule has 6 rings (SSSR count). The molecule has 3 heteroatoms. The molecule has 0 radical (unpaired) electrons. The average Bonchev–Trinajstić information content (AvgIpc) is 3.24. The summed E-state index contributed by atoms with van der Waals surface area (Å²) >= 11 is 0. The van der Waals surface area contributed by atoms with E-state index in [1.54, 1.807) is 0 Å². The van der Waals surface area contributed by atoms with Gasteiger partial charge in [0.05, 0.1) is 6.20 Å². The summed E-state index contributed by atoms with van der Waals surface area (Å²) < 4.78 is 5.84. The van der Waals surface area contributed by atoms with Gasteiger partial charge in [0.15, 0.2) is 0 Å². The molecule has 0 N–H and O–H groups in total. The molecule has 5 aliphatic carbocycles. The third kappa shape index (κ3) is 2.85. The number of carbonyl (C=O) groups is 1. The lowest BCUT2D eigenvalue weighted by Gasteiger charge is -2.72. The van der Waals surface area contributed by atoms with Crippen LogP contribution in [0.2, 0.25) is 0 Å². The smallest absolute Gasteiger partial charge is 0.145 e. The topological polar surface area (TPSA) is 43.1 Å². The van der Waals surface area contributed by atoms with E-state index in [4.69, 9.17) is 4.52 Å². The van der Waals surface area contributed by atoms with Crippen molar-refractivity contribution in [3.63, 3.8) is 0 Å². The molecular weight excluding hydrogens is 430 g/mol. The molecule has 35 heavy (non-hydrogen) atoms. The number of nitrogens with zero attached hydrogens (tertiary/aromatic N) is 1. The van der Waals surface area contributed by atoms with Crippen LogP contribution in [-0.2, 0) is 16.6 Å². The summed E-state index contributed by atoms with van der Waals surface area (Å²) in [6, 6.07) is 0. The van der Waals surface area contributed by atoms with Crippen LogP contribution in [0.4, 0.5) is 0 Å². The normalized spacial score (nSPS) is 49.8. The lowest BCUT2D eigenvalue weighted by molar-refractivity contribution is -0.229. The second-order valence-corrected chi connectivity index (χ2v) is 15.9. The van der Waals surface area contributed by atoms with Crippen LogP contribution < -0.4 is 0 Å². The zero-order valence-electron chi connectivity index (χ0n) is 23.7. The lowest BCUT2D eigenvalue weighted by atomic mass is 9.31. The fourth-order valence-electron chi connectivity index (χ4n) is 11.7. The van der Waals surface area contributed by atoms with E-state index < -0.39 is 0 Å². The Morgan fingerprint density at radius 1 is 0.943 bits per heavy atom. The molecule has 194 valence electrons.